The number of pyridine rings is 2. The van der Waals surface area contributed by atoms with Crippen LogP contribution in [-0.2, 0) is 28.5 Å². The van der Waals surface area contributed by atoms with E-state index in [1.807, 2.05) is 41.5 Å². The van der Waals surface area contributed by atoms with Crippen LogP contribution in [0.4, 0.5) is 11.4 Å². The Kier molecular flexibility index (Phi) is 25.1. The minimum atomic E-state index is -0.938. The molecule has 0 amide bonds. The third-order valence-corrected chi connectivity index (χ3v) is 8.96. The third kappa shape index (κ3) is 17.3. The molecule has 2 aliphatic rings. The molecule has 23 heteroatoms. The van der Waals surface area contributed by atoms with E-state index in [1.54, 1.807) is 36.4 Å². The quantitative estimate of drug-likeness (QED) is 0.0335. The van der Waals surface area contributed by atoms with Crippen LogP contribution in [0.15, 0.2) is 48.5 Å². The van der Waals surface area contributed by atoms with Crippen molar-refractivity contribution in [1.82, 2.24) is 9.97 Å². The van der Waals surface area contributed by atoms with E-state index in [2.05, 4.69) is 24.5 Å². The van der Waals surface area contributed by atoms with Gasteiger partial charge in [0.2, 0.25) is 29.0 Å². The first kappa shape index (κ1) is 55.3. The molecule has 62 heavy (non-hydrogen) atoms. The van der Waals surface area contributed by atoms with E-state index in [9.17, 15) is 10.0 Å². The predicted molar refractivity (Wildman–Crippen MR) is 225 cm³/mol. The van der Waals surface area contributed by atoms with Crippen LogP contribution in [0.3, 0.4) is 0 Å². The van der Waals surface area contributed by atoms with Gasteiger partial charge in [-0.3, -0.25) is 4.79 Å². The molecule has 2 aliphatic heterocycles. The molecule has 324 valence electrons. The molecule has 0 saturated heterocycles. The fraction of sp³-hybridized carbons (Fsp3) is 0.359. The average Bonchev–Trinajstić information content (AvgIpc) is 3.67. The van der Waals surface area contributed by atoms with Crippen molar-refractivity contribution in [3.8, 4) is 29.1 Å². The van der Waals surface area contributed by atoms with Crippen LogP contribution in [0.25, 0.3) is 9.69 Å². The predicted octanol–water partition coefficient (Wildman–Crippen LogP) is 3.01. The standard InChI is InChI=1S/C19H20BClN2O5.C11H12Cl2N2O2.C8H9BO3.CH2O3.Cs/c1-11(2)25-7-8-26-19-17(22-4)10-16(21)18(23-19)27-13-5-6-15-14(9-13)12(3)28-20(15)24;1-7(2)16-4-5-17-11-9(14-3)6-8(12)10(13)15-11;1-5-7-4-6(10)2-3-8(7)9(11)12-5;2-1-4-3;/h5-6,9-12,24H,7-8H2,1-3H3;6-7H,4-5H2,1-2H3;2-5,10-11H,1H3;1,3H;/q;;;;+1/p-1. The Hall–Kier alpha value is -2.84. The van der Waals surface area contributed by atoms with Crippen molar-refractivity contribution in [2.24, 2.45) is 0 Å². The van der Waals surface area contributed by atoms with Crippen LogP contribution in [0.1, 0.15) is 64.9 Å². The Bertz CT molecular complexity index is 2170. The van der Waals surface area contributed by atoms with Crippen molar-refractivity contribution in [2.45, 2.75) is 66.0 Å². The van der Waals surface area contributed by atoms with Gasteiger partial charge in [-0.2, -0.15) is 4.98 Å². The summed E-state index contributed by atoms with van der Waals surface area (Å²) in [6.45, 7) is 26.9. The number of nitrogens with zero attached hydrogens (tertiary/aromatic N) is 4. The number of aromatic nitrogens is 2. The zero-order valence-corrected chi connectivity index (χ0v) is 43.4. The maximum absolute atomic E-state index is 9.86. The number of benzene rings is 2. The van der Waals surface area contributed by atoms with Crippen LogP contribution < -0.4 is 99.3 Å². The van der Waals surface area contributed by atoms with Crippen LogP contribution in [0, 0.1) is 13.1 Å². The molecule has 6 rings (SSSR count). The zero-order chi connectivity index (χ0) is 45.2. The largest absolute Gasteiger partial charge is 1.00 e. The minimum absolute atomic E-state index is 0. The molecule has 2 atom stereocenters. The van der Waals surface area contributed by atoms with Gasteiger partial charge in [-0.15, -0.1) is 0 Å². The van der Waals surface area contributed by atoms with Crippen molar-refractivity contribution in [3.05, 3.63) is 97.7 Å². The summed E-state index contributed by atoms with van der Waals surface area (Å²) in [4.78, 5) is 26.1. The molecular weight excluding hydrogens is 993 g/mol. The van der Waals surface area contributed by atoms with Crippen molar-refractivity contribution in [1.29, 1.82) is 0 Å². The molecule has 3 N–H and O–H groups in total. The number of hydrogen-bond donors (Lipinski definition) is 3. The summed E-state index contributed by atoms with van der Waals surface area (Å²) in [6, 6.07) is 12.9. The van der Waals surface area contributed by atoms with Crippen LogP contribution in [0.5, 0.6) is 29.1 Å². The van der Waals surface area contributed by atoms with E-state index in [-0.39, 0.29) is 156 Å². The first-order valence-corrected chi connectivity index (χ1v) is 19.5. The molecule has 17 nitrogen and oxygen atoms in total. The van der Waals surface area contributed by atoms with E-state index in [1.165, 1.54) is 12.1 Å². The van der Waals surface area contributed by atoms with E-state index in [0.717, 1.165) is 16.6 Å². The van der Waals surface area contributed by atoms with Crippen molar-refractivity contribution < 1.29 is 132 Å². The molecule has 0 radical (unpaired) electrons. The van der Waals surface area contributed by atoms with E-state index < -0.39 is 14.2 Å². The third-order valence-electron chi connectivity index (χ3n) is 8.01. The molecule has 0 aliphatic carbocycles. The van der Waals surface area contributed by atoms with Crippen molar-refractivity contribution in [3.63, 3.8) is 0 Å². The fourth-order valence-electron chi connectivity index (χ4n) is 5.30. The Morgan fingerprint density at radius 2 is 1.24 bits per heavy atom. The molecule has 0 saturated carbocycles. The van der Waals surface area contributed by atoms with Gasteiger partial charge in [-0.1, -0.05) is 46.9 Å². The number of hydrogen-bond acceptors (Lipinski definition) is 15. The summed E-state index contributed by atoms with van der Waals surface area (Å²) < 4.78 is 37.9. The summed E-state index contributed by atoms with van der Waals surface area (Å²) in [5.74, 6) is 1.14. The van der Waals surface area contributed by atoms with Crippen LogP contribution >= 0.6 is 34.8 Å². The van der Waals surface area contributed by atoms with E-state index in [0.29, 0.717) is 31.0 Å². The number of carbonyl (C=O) groups is 1. The normalized spacial score (nSPS) is 14.3. The van der Waals surface area contributed by atoms with Crippen LogP contribution in [0.2, 0.25) is 15.2 Å². The minimum Gasteiger partial charge on any atom is -0.662 e. The van der Waals surface area contributed by atoms with Crippen molar-refractivity contribution in [2.75, 3.05) is 26.4 Å². The summed E-state index contributed by atoms with van der Waals surface area (Å²) in [7, 11) is -1.78. The number of aromatic hydroxyl groups is 1. The Morgan fingerprint density at radius 1 is 0.774 bits per heavy atom. The van der Waals surface area contributed by atoms with Gasteiger partial charge in [0.1, 0.15) is 29.9 Å². The number of phenolic OH excluding ortho intramolecular Hbond substituents is 1. The van der Waals surface area contributed by atoms with Gasteiger partial charge in [0, 0.05) is 0 Å². The van der Waals surface area contributed by atoms with Gasteiger partial charge in [0.15, 0.2) is 0 Å². The zero-order valence-electron chi connectivity index (χ0n) is 34.8. The molecular formula is C39H42B2Cl3CsN4O13. The van der Waals surface area contributed by atoms with Gasteiger partial charge >= 0.3 is 83.1 Å². The number of halogens is 3. The maximum Gasteiger partial charge on any atom is 1.00 e. The number of rotatable bonds is 13. The number of phenols is 1. The monoisotopic (exact) mass is 1030 g/mol. The molecule has 2 unspecified atom stereocenters. The number of ether oxygens (including phenoxy) is 5. The molecule has 4 heterocycles. The summed E-state index contributed by atoms with van der Waals surface area (Å²) in [5, 5.41) is 37.3. The molecule has 4 aromatic rings. The molecule has 0 bridgehead atoms. The fourth-order valence-corrected chi connectivity index (χ4v) is 5.76. The Labute approximate surface area is 434 Å². The van der Waals surface area contributed by atoms with Gasteiger partial charge in [0.25, 0.3) is 6.47 Å². The summed E-state index contributed by atoms with van der Waals surface area (Å²) in [6.07, 6.45) is -0.158. The topological polar surface area (TPSA) is 209 Å². The SMILES string of the molecule is CC1OB(O)c2ccc(O)cc21.O=CO[O-].[C-]#[N+]c1cc(Cl)c(Cl)nc1OCCOC(C)C.[C-]#[N+]c1cc(Cl)c(Oc2ccc3c(c2)C(C)OB3O)nc1OCCOC(C)C.[Cs+]. The van der Waals surface area contributed by atoms with E-state index in [4.69, 9.17) is 96.1 Å². The summed E-state index contributed by atoms with van der Waals surface area (Å²) >= 11 is 17.7. The van der Waals surface area contributed by atoms with Crippen molar-refractivity contribution >= 4 is 77.8 Å². The van der Waals surface area contributed by atoms with Gasteiger partial charge in [0.05, 0.1) is 60.8 Å². The average molecular weight is 1040 g/mol. The Morgan fingerprint density at radius 3 is 1.73 bits per heavy atom. The second-order valence-electron chi connectivity index (χ2n) is 13.1. The molecule has 0 spiro atoms. The smallest absolute Gasteiger partial charge is 0.662 e. The van der Waals surface area contributed by atoms with E-state index >= 15 is 0 Å². The van der Waals surface area contributed by atoms with Gasteiger partial charge < -0.3 is 58.3 Å². The van der Waals surface area contributed by atoms with Crippen LogP contribution in [-0.4, -0.2) is 84.5 Å². The maximum atomic E-state index is 9.86. The molecule has 0 fully saturated rings. The van der Waals surface area contributed by atoms with Gasteiger partial charge in [-0.05, 0) is 100.0 Å². The number of fused-ring (bicyclic) bond motifs is 2. The first-order valence-electron chi connectivity index (χ1n) is 18.4. The second-order valence-corrected chi connectivity index (χ2v) is 14.3. The Balaban J connectivity index is 0.000000330. The van der Waals surface area contributed by atoms with Gasteiger partial charge in [-0.25, -0.2) is 14.7 Å². The molecule has 2 aromatic heterocycles. The summed E-state index contributed by atoms with van der Waals surface area (Å²) in [5.41, 5.74) is 3.59. The second kappa shape index (κ2) is 28.2. The number of carbonyl (C=O) groups excluding carboxylic acids is 1. The first-order chi connectivity index (χ1) is 29.0. The molecule has 2 aromatic carbocycles.